The van der Waals surface area contributed by atoms with Gasteiger partial charge in [0.2, 0.25) is 0 Å². The van der Waals surface area contributed by atoms with Crippen LogP contribution in [0.1, 0.15) is 23.1 Å². The molecular formula is C18H17NO3. The molecule has 0 radical (unpaired) electrons. The Bertz CT molecular complexity index is 778. The molecule has 0 bridgehead atoms. The lowest BCUT2D eigenvalue weighted by molar-refractivity contribution is -0.384. The maximum atomic E-state index is 11.5. The molecule has 4 nitrogen and oxygen atoms in total. The average Bonchev–Trinajstić information content (AvgIpc) is 2.53. The van der Waals surface area contributed by atoms with E-state index < -0.39 is 0 Å². The first kappa shape index (κ1) is 14.3. The van der Waals surface area contributed by atoms with Crippen molar-refractivity contribution >= 4 is 11.8 Å². The van der Waals surface area contributed by atoms with Crippen LogP contribution in [-0.2, 0) is 6.42 Å². The minimum absolute atomic E-state index is 0.126. The number of nitro benzene ring substituents is 1. The Morgan fingerprint density at radius 1 is 1.18 bits per heavy atom. The number of nitro groups is 1. The molecule has 0 spiro atoms. The van der Waals surface area contributed by atoms with E-state index in [-0.39, 0.29) is 10.6 Å². The largest absolute Gasteiger partial charge is 0.496 e. The van der Waals surface area contributed by atoms with Crippen molar-refractivity contribution in [2.45, 2.75) is 19.8 Å². The second-order valence-corrected chi connectivity index (χ2v) is 5.38. The third-order valence-electron chi connectivity index (χ3n) is 4.09. The van der Waals surface area contributed by atoms with Crippen molar-refractivity contribution in [2.24, 2.45) is 0 Å². The summed E-state index contributed by atoms with van der Waals surface area (Å²) in [5, 5.41) is 11.5. The Morgan fingerprint density at radius 2 is 2.00 bits per heavy atom. The predicted molar refractivity (Wildman–Crippen MR) is 87.2 cm³/mol. The summed E-state index contributed by atoms with van der Waals surface area (Å²) >= 11 is 0. The van der Waals surface area contributed by atoms with Crippen LogP contribution in [0.3, 0.4) is 0 Å². The summed E-state index contributed by atoms with van der Waals surface area (Å²) < 4.78 is 5.51. The summed E-state index contributed by atoms with van der Waals surface area (Å²) in [6.45, 7) is 1.90. The van der Waals surface area contributed by atoms with E-state index in [1.165, 1.54) is 0 Å². The second-order valence-electron chi connectivity index (χ2n) is 5.38. The van der Waals surface area contributed by atoms with Crippen molar-refractivity contribution < 1.29 is 9.66 Å². The SMILES string of the molecule is COc1ccc2c(c1-c1c(C)cccc1[N+](=O)[O-])CCC=C2. The smallest absolute Gasteiger partial charge is 0.277 e. The fourth-order valence-corrected chi connectivity index (χ4v) is 3.08. The van der Waals surface area contributed by atoms with Gasteiger partial charge in [-0.05, 0) is 42.5 Å². The van der Waals surface area contributed by atoms with Gasteiger partial charge in [0, 0.05) is 11.6 Å². The molecule has 22 heavy (non-hydrogen) atoms. The van der Waals surface area contributed by atoms with Gasteiger partial charge < -0.3 is 4.74 Å². The number of hydrogen-bond donors (Lipinski definition) is 0. The van der Waals surface area contributed by atoms with Gasteiger partial charge in [0.15, 0.2) is 0 Å². The monoisotopic (exact) mass is 295 g/mol. The summed E-state index contributed by atoms with van der Waals surface area (Å²) in [6, 6.07) is 9.08. The lowest BCUT2D eigenvalue weighted by atomic mass is 9.86. The van der Waals surface area contributed by atoms with Crippen molar-refractivity contribution in [3.8, 4) is 16.9 Å². The van der Waals surface area contributed by atoms with Crippen molar-refractivity contribution in [2.75, 3.05) is 7.11 Å². The topological polar surface area (TPSA) is 52.4 Å². The zero-order chi connectivity index (χ0) is 15.7. The summed E-state index contributed by atoms with van der Waals surface area (Å²) in [5.74, 6) is 0.687. The molecule has 1 aliphatic carbocycles. The molecular weight excluding hydrogens is 278 g/mol. The second kappa shape index (κ2) is 5.64. The highest BCUT2D eigenvalue weighted by Gasteiger charge is 2.24. The maximum Gasteiger partial charge on any atom is 0.277 e. The predicted octanol–water partition coefficient (Wildman–Crippen LogP) is 4.54. The molecule has 112 valence electrons. The van der Waals surface area contributed by atoms with Crippen LogP contribution in [0.5, 0.6) is 5.75 Å². The normalized spacial score (nSPS) is 12.8. The van der Waals surface area contributed by atoms with E-state index in [1.807, 2.05) is 25.1 Å². The van der Waals surface area contributed by atoms with Crippen LogP contribution in [-0.4, -0.2) is 12.0 Å². The number of fused-ring (bicyclic) bond motifs is 1. The molecule has 0 N–H and O–H groups in total. The zero-order valence-electron chi connectivity index (χ0n) is 12.6. The van der Waals surface area contributed by atoms with Gasteiger partial charge in [-0.15, -0.1) is 0 Å². The van der Waals surface area contributed by atoms with Crippen LogP contribution < -0.4 is 4.74 Å². The van der Waals surface area contributed by atoms with Crippen LogP contribution in [0.15, 0.2) is 36.4 Å². The zero-order valence-corrected chi connectivity index (χ0v) is 12.6. The molecule has 0 aliphatic heterocycles. The minimum Gasteiger partial charge on any atom is -0.496 e. The lowest BCUT2D eigenvalue weighted by Gasteiger charge is -2.20. The first-order valence-electron chi connectivity index (χ1n) is 7.24. The Kier molecular flexibility index (Phi) is 3.67. The van der Waals surface area contributed by atoms with Crippen LogP contribution in [0.2, 0.25) is 0 Å². The summed E-state index contributed by atoms with van der Waals surface area (Å²) in [7, 11) is 1.61. The number of methoxy groups -OCH3 is 1. The van der Waals surface area contributed by atoms with E-state index in [4.69, 9.17) is 4.74 Å². The minimum atomic E-state index is -0.320. The third-order valence-corrected chi connectivity index (χ3v) is 4.09. The Balaban J connectivity index is 2.38. The summed E-state index contributed by atoms with van der Waals surface area (Å²) in [6.07, 6.45) is 6.01. The number of aryl methyl sites for hydroxylation is 1. The Hall–Kier alpha value is -2.62. The summed E-state index contributed by atoms with van der Waals surface area (Å²) in [4.78, 5) is 11.1. The molecule has 0 atom stereocenters. The first-order valence-corrected chi connectivity index (χ1v) is 7.24. The molecule has 0 saturated carbocycles. The van der Waals surface area contributed by atoms with Crippen LogP contribution in [0.25, 0.3) is 17.2 Å². The molecule has 0 fully saturated rings. The van der Waals surface area contributed by atoms with Crippen molar-refractivity contribution in [1.82, 2.24) is 0 Å². The molecule has 0 heterocycles. The van der Waals surface area contributed by atoms with Gasteiger partial charge in [-0.25, -0.2) is 0 Å². The van der Waals surface area contributed by atoms with Gasteiger partial charge in [-0.3, -0.25) is 10.1 Å². The van der Waals surface area contributed by atoms with E-state index >= 15 is 0 Å². The molecule has 0 unspecified atom stereocenters. The third kappa shape index (κ3) is 2.26. The number of benzene rings is 2. The van der Waals surface area contributed by atoms with Gasteiger partial charge in [-0.1, -0.05) is 30.4 Å². The first-order chi connectivity index (χ1) is 10.6. The molecule has 0 saturated heterocycles. The highest BCUT2D eigenvalue weighted by atomic mass is 16.6. The van der Waals surface area contributed by atoms with Crippen molar-refractivity contribution in [3.63, 3.8) is 0 Å². The number of hydrogen-bond acceptors (Lipinski definition) is 3. The number of nitrogens with zero attached hydrogens (tertiary/aromatic N) is 1. The highest BCUT2D eigenvalue weighted by molar-refractivity contribution is 5.86. The van der Waals surface area contributed by atoms with Crippen LogP contribution in [0, 0.1) is 17.0 Å². The molecule has 0 aromatic heterocycles. The fourth-order valence-electron chi connectivity index (χ4n) is 3.08. The van der Waals surface area contributed by atoms with E-state index in [1.54, 1.807) is 19.2 Å². The van der Waals surface area contributed by atoms with Gasteiger partial charge >= 0.3 is 0 Å². The summed E-state index contributed by atoms with van der Waals surface area (Å²) in [5.41, 5.74) is 4.77. The number of rotatable bonds is 3. The average molecular weight is 295 g/mol. The van der Waals surface area contributed by atoms with Crippen molar-refractivity contribution in [3.05, 3.63) is 63.2 Å². The van der Waals surface area contributed by atoms with E-state index in [9.17, 15) is 10.1 Å². The van der Waals surface area contributed by atoms with Gasteiger partial charge in [0.25, 0.3) is 5.69 Å². The van der Waals surface area contributed by atoms with E-state index in [2.05, 4.69) is 12.2 Å². The number of ether oxygens (including phenoxy) is 1. The molecule has 4 heteroatoms. The lowest BCUT2D eigenvalue weighted by Crippen LogP contribution is -2.03. The fraction of sp³-hybridized carbons (Fsp3) is 0.222. The van der Waals surface area contributed by atoms with Gasteiger partial charge in [-0.2, -0.15) is 0 Å². The Morgan fingerprint density at radius 3 is 2.73 bits per heavy atom. The van der Waals surface area contributed by atoms with Crippen molar-refractivity contribution in [1.29, 1.82) is 0 Å². The molecule has 1 aliphatic rings. The highest BCUT2D eigenvalue weighted by Crippen LogP contribution is 2.43. The number of allylic oxidation sites excluding steroid dienone is 1. The molecule has 0 amide bonds. The van der Waals surface area contributed by atoms with E-state index in [0.29, 0.717) is 11.3 Å². The molecule has 2 aromatic carbocycles. The van der Waals surface area contributed by atoms with Gasteiger partial charge in [0.05, 0.1) is 17.6 Å². The quantitative estimate of drug-likeness (QED) is 0.617. The molecule has 2 aromatic rings. The molecule has 3 rings (SSSR count). The van der Waals surface area contributed by atoms with Crippen LogP contribution >= 0.6 is 0 Å². The maximum absolute atomic E-state index is 11.5. The standard InChI is InChI=1S/C18H17NO3/c1-12-6-5-9-15(19(20)21)17(12)18-14-8-4-3-7-13(14)10-11-16(18)22-2/h3,5-7,9-11H,4,8H2,1-2H3. The van der Waals surface area contributed by atoms with Crippen LogP contribution in [0.4, 0.5) is 5.69 Å². The van der Waals surface area contributed by atoms with Gasteiger partial charge in [0.1, 0.15) is 5.75 Å². The Labute approximate surface area is 129 Å². The van der Waals surface area contributed by atoms with E-state index in [0.717, 1.165) is 35.1 Å².